The van der Waals surface area contributed by atoms with Gasteiger partial charge >= 0.3 is 5.97 Å². The molecule has 0 spiro atoms. The summed E-state index contributed by atoms with van der Waals surface area (Å²) in [5, 5.41) is 0.490. The van der Waals surface area contributed by atoms with Crippen LogP contribution in [0.25, 0.3) is 0 Å². The van der Waals surface area contributed by atoms with Crippen LogP contribution in [-0.4, -0.2) is 17.0 Å². The average molecular weight is 354 g/mol. The monoisotopic (exact) mass is 353 g/mol. The van der Waals surface area contributed by atoms with Crippen LogP contribution < -0.4 is 11.5 Å². The van der Waals surface area contributed by atoms with Gasteiger partial charge in [-0.2, -0.15) is 0 Å². The minimum absolute atomic E-state index is 0.0484. The molecule has 0 radical (unpaired) electrons. The fraction of sp³-hybridized carbons (Fsp3) is 0.250. The van der Waals surface area contributed by atoms with Crippen LogP contribution in [0.15, 0.2) is 36.4 Å². The van der Waals surface area contributed by atoms with Crippen molar-refractivity contribution in [1.29, 1.82) is 0 Å². The molecule has 0 unspecified atom stereocenters. The quantitative estimate of drug-likeness (QED) is 0.473. The van der Waals surface area contributed by atoms with Gasteiger partial charge in [0.25, 0.3) is 0 Å². The summed E-state index contributed by atoms with van der Waals surface area (Å²) in [6.07, 6.45) is 1.12. The van der Waals surface area contributed by atoms with E-state index in [4.69, 9.17) is 39.4 Å². The molecule has 0 aliphatic rings. The number of aryl methyl sites for hydroxylation is 1. The maximum atomic E-state index is 11.9. The summed E-state index contributed by atoms with van der Waals surface area (Å²) >= 11 is 11.6. The Morgan fingerprint density at radius 3 is 2.52 bits per heavy atom. The number of hydrogen-bond acceptors (Lipinski definition) is 5. The van der Waals surface area contributed by atoms with Gasteiger partial charge in [0, 0.05) is 5.69 Å². The molecule has 1 aromatic heterocycles. The van der Waals surface area contributed by atoms with Crippen molar-refractivity contribution in [3.05, 3.63) is 57.8 Å². The van der Waals surface area contributed by atoms with Gasteiger partial charge in [0.1, 0.15) is 23.0 Å². The molecule has 0 amide bonds. The molecule has 4 N–H and O–H groups in total. The Labute approximate surface area is 144 Å². The van der Waals surface area contributed by atoms with Crippen molar-refractivity contribution in [3.63, 3.8) is 0 Å². The van der Waals surface area contributed by atoms with Gasteiger partial charge in [-0.05, 0) is 48.2 Å². The number of hydrogen-bond donors (Lipinski definition) is 2. The van der Waals surface area contributed by atoms with Crippen molar-refractivity contribution in [2.75, 3.05) is 5.73 Å². The molecule has 1 aromatic carbocycles. The molecule has 122 valence electrons. The third-order valence-corrected chi connectivity index (χ3v) is 3.59. The fourth-order valence-corrected chi connectivity index (χ4v) is 2.55. The van der Waals surface area contributed by atoms with Crippen molar-refractivity contribution in [3.8, 4) is 0 Å². The summed E-state index contributed by atoms with van der Waals surface area (Å²) in [4.78, 5) is 15.7. The zero-order valence-corrected chi connectivity index (χ0v) is 13.8. The largest absolute Gasteiger partial charge is 0.460 e. The lowest BCUT2D eigenvalue weighted by atomic mass is 10.1. The number of esters is 1. The third kappa shape index (κ3) is 5.71. The number of nitrogen functional groups attached to an aromatic ring is 1. The van der Waals surface area contributed by atoms with Crippen LogP contribution in [0.4, 0.5) is 5.69 Å². The van der Waals surface area contributed by atoms with E-state index >= 15 is 0 Å². The van der Waals surface area contributed by atoms with Crippen molar-refractivity contribution in [2.24, 2.45) is 5.73 Å². The summed E-state index contributed by atoms with van der Waals surface area (Å²) < 4.78 is 5.18. The molecule has 0 aliphatic carbocycles. The highest BCUT2D eigenvalue weighted by molar-refractivity contribution is 6.32. The smallest absolute Gasteiger partial charge is 0.323 e. The van der Waals surface area contributed by atoms with E-state index in [9.17, 15) is 4.79 Å². The van der Waals surface area contributed by atoms with Crippen LogP contribution in [0.3, 0.4) is 0 Å². The highest BCUT2D eigenvalue weighted by Gasteiger charge is 2.15. The Balaban J connectivity index is 1.82. The normalized spacial score (nSPS) is 12.0. The van der Waals surface area contributed by atoms with E-state index in [1.807, 2.05) is 24.3 Å². The molecule has 2 rings (SSSR count). The fourth-order valence-electron chi connectivity index (χ4n) is 2.05. The highest BCUT2D eigenvalue weighted by Crippen LogP contribution is 2.16. The van der Waals surface area contributed by atoms with E-state index in [2.05, 4.69) is 4.98 Å². The second-order valence-electron chi connectivity index (χ2n) is 5.12. The van der Waals surface area contributed by atoms with Crippen LogP contribution in [0.1, 0.15) is 17.5 Å². The number of rotatable bonds is 6. The zero-order chi connectivity index (χ0) is 16.8. The van der Waals surface area contributed by atoms with Gasteiger partial charge in [-0.1, -0.05) is 35.3 Å². The number of benzene rings is 1. The van der Waals surface area contributed by atoms with Gasteiger partial charge in [-0.25, -0.2) is 4.98 Å². The zero-order valence-electron chi connectivity index (χ0n) is 12.3. The molecular formula is C16H17Cl2N3O2. The Kier molecular flexibility index (Phi) is 6.21. The van der Waals surface area contributed by atoms with Gasteiger partial charge in [0.2, 0.25) is 0 Å². The van der Waals surface area contributed by atoms with Crippen LogP contribution >= 0.6 is 23.2 Å². The molecule has 7 heteroatoms. The number of aromatic nitrogens is 1. The molecule has 1 atom stereocenters. The lowest BCUT2D eigenvalue weighted by Crippen LogP contribution is -2.32. The van der Waals surface area contributed by atoms with E-state index in [1.54, 1.807) is 12.1 Å². The standard InChI is InChI=1S/C16H17Cl2N3O2/c17-14-7-11(8-15(18)21-14)9-23-16(22)13(20)5-4-10-2-1-3-12(19)6-10/h1-3,6-8,13H,4-5,9,19-20H2/t13-/m0/s1. The third-order valence-electron chi connectivity index (χ3n) is 3.20. The molecule has 0 saturated carbocycles. The average Bonchev–Trinajstić information content (AvgIpc) is 2.49. The van der Waals surface area contributed by atoms with Crippen LogP contribution in [-0.2, 0) is 22.6 Å². The summed E-state index contributed by atoms with van der Waals surface area (Å²) in [6, 6.07) is 9.93. The second kappa shape index (κ2) is 8.15. The minimum Gasteiger partial charge on any atom is -0.460 e. The summed E-state index contributed by atoms with van der Waals surface area (Å²) in [6.45, 7) is 0.0484. The summed E-state index contributed by atoms with van der Waals surface area (Å²) in [7, 11) is 0. The van der Waals surface area contributed by atoms with Gasteiger partial charge in [-0.3, -0.25) is 4.79 Å². The first-order valence-electron chi connectivity index (χ1n) is 7.02. The van der Waals surface area contributed by atoms with Crippen molar-refractivity contribution < 1.29 is 9.53 Å². The lowest BCUT2D eigenvalue weighted by molar-refractivity contribution is -0.146. The Hall–Kier alpha value is -1.82. The topological polar surface area (TPSA) is 91.2 Å². The number of anilines is 1. The number of carbonyl (C=O) groups excluding carboxylic acids is 1. The molecule has 5 nitrogen and oxygen atoms in total. The van der Waals surface area contributed by atoms with Crippen molar-refractivity contribution in [1.82, 2.24) is 4.98 Å². The summed E-state index contributed by atoms with van der Waals surface area (Å²) in [5.41, 5.74) is 13.9. The summed E-state index contributed by atoms with van der Waals surface area (Å²) in [5.74, 6) is -0.474. The van der Waals surface area contributed by atoms with Crippen LogP contribution in [0.2, 0.25) is 10.3 Å². The van der Waals surface area contributed by atoms with E-state index in [-0.39, 0.29) is 16.9 Å². The van der Waals surface area contributed by atoms with E-state index in [0.717, 1.165) is 5.56 Å². The lowest BCUT2D eigenvalue weighted by Gasteiger charge is -2.12. The first-order chi connectivity index (χ1) is 10.9. The molecule has 1 heterocycles. The SMILES string of the molecule is Nc1cccc(CC[C@H](N)C(=O)OCc2cc(Cl)nc(Cl)c2)c1. The van der Waals surface area contributed by atoms with Gasteiger partial charge < -0.3 is 16.2 Å². The highest BCUT2D eigenvalue weighted by atomic mass is 35.5. The molecule has 0 bridgehead atoms. The maximum absolute atomic E-state index is 11.9. The number of halogens is 2. The number of nitrogens with zero attached hydrogens (tertiary/aromatic N) is 1. The minimum atomic E-state index is -0.704. The van der Waals surface area contributed by atoms with Gasteiger partial charge in [-0.15, -0.1) is 0 Å². The molecular weight excluding hydrogens is 337 g/mol. The Bertz CT molecular complexity index is 675. The number of carbonyl (C=O) groups is 1. The van der Waals surface area contributed by atoms with E-state index < -0.39 is 12.0 Å². The molecule has 0 saturated heterocycles. The van der Waals surface area contributed by atoms with Crippen molar-refractivity contribution in [2.45, 2.75) is 25.5 Å². The van der Waals surface area contributed by atoms with Crippen LogP contribution in [0, 0.1) is 0 Å². The molecule has 0 fully saturated rings. The number of ether oxygens (including phenoxy) is 1. The van der Waals surface area contributed by atoms with E-state index in [0.29, 0.717) is 24.1 Å². The predicted octanol–water partition coefficient (Wildman–Crippen LogP) is 2.97. The maximum Gasteiger partial charge on any atom is 0.323 e. The predicted molar refractivity (Wildman–Crippen MR) is 91.2 cm³/mol. The first-order valence-corrected chi connectivity index (χ1v) is 7.78. The second-order valence-corrected chi connectivity index (χ2v) is 5.89. The first kappa shape index (κ1) is 17.5. The van der Waals surface area contributed by atoms with Crippen LogP contribution in [0.5, 0.6) is 0 Å². The Morgan fingerprint density at radius 1 is 1.17 bits per heavy atom. The number of pyridine rings is 1. The molecule has 23 heavy (non-hydrogen) atoms. The van der Waals surface area contributed by atoms with Gasteiger partial charge in [0.05, 0.1) is 0 Å². The van der Waals surface area contributed by atoms with Crippen molar-refractivity contribution >= 4 is 34.9 Å². The molecule has 2 aromatic rings. The molecule has 0 aliphatic heterocycles. The Morgan fingerprint density at radius 2 is 1.87 bits per heavy atom. The number of nitrogens with two attached hydrogens (primary N) is 2. The van der Waals surface area contributed by atoms with E-state index in [1.165, 1.54) is 0 Å². The van der Waals surface area contributed by atoms with Gasteiger partial charge in [0.15, 0.2) is 0 Å².